The zero-order valence-corrected chi connectivity index (χ0v) is 15.8. The highest BCUT2D eigenvalue weighted by Crippen LogP contribution is 2.21. The van der Waals surface area contributed by atoms with Crippen LogP contribution in [0.3, 0.4) is 0 Å². The Hall–Kier alpha value is -3.41. The van der Waals surface area contributed by atoms with E-state index in [0.717, 1.165) is 16.9 Å². The van der Waals surface area contributed by atoms with Crippen LogP contribution in [-0.2, 0) is 20.0 Å². The first-order valence-corrected chi connectivity index (χ1v) is 9.16. The molecule has 0 saturated carbocycles. The zero-order valence-electron chi connectivity index (χ0n) is 15.8. The van der Waals surface area contributed by atoms with Crippen molar-refractivity contribution in [2.45, 2.75) is 19.9 Å². The monoisotopic (exact) mass is 376 g/mol. The summed E-state index contributed by atoms with van der Waals surface area (Å²) in [4.78, 5) is 17.7. The molecule has 0 saturated heterocycles. The maximum atomic E-state index is 13.4. The van der Waals surface area contributed by atoms with E-state index in [0.29, 0.717) is 24.4 Å². The summed E-state index contributed by atoms with van der Waals surface area (Å²) in [5, 5.41) is 0. The molecule has 0 amide bonds. The molecule has 2 heterocycles. The number of aromatic nitrogens is 4. The predicted molar refractivity (Wildman–Crippen MR) is 107 cm³/mol. The molecule has 0 aliphatic heterocycles. The molecule has 0 bridgehead atoms. The van der Waals surface area contributed by atoms with Gasteiger partial charge in [-0.1, -0.05) is 30.3 Å². The van der Waals surface area contributed by atoms with E-state index in [9.17, 15) is 9.18 Å². The van der Waals surface area contributed by atoms with E-state index in [1.165, 1.54) is 12.1 Å². The Morgan fingerprint density at radius 1 is 1.07 bits per heavy atom. The van der Waals surface area contributed by atoms with Gasteiger partial charge >= 0.3 is 0 Å². The lowest BCUT2D eigenvalue weighted by molar-refractivity contribution is 0.622. The van der Waals surface area contributed by atoms with Crippen molar-refractivity contribution in [3.05, 3.63) is 94.4 Å². The molecular formula is C22H21FN4O. The van der Waals surface area contributed by atoms with Crippen molar-refractivity contribution in [1.29, 1.82) is 0 Å². The highest BCUT2D eigenvalue weighted by Gasteiger charge is 2.21. The van der Waals surface area contributed by atoms with Gasteiger partial charge in [-0.15, -0.1) is 0 Å². The van der Waals surface area contributed by atoms with Gasteiger partial charge in [0.25, 0.3) is 5.56 Å². The average molecular weight is 376 g/mol. The van der Waals surface area contributed by atoms with Crippen LogP contribution in [-0.4, -0.2) is 18.9 Å². The van der Waals surface area contributed by atoms with Crippen molar-refractivity contribution in [2.24, 2.45) is 7.05 Å². The first kappa shape index (κ1) is 18.0. The van der Waals surface area contributed by atoms with Crippen LogP contribution in [0.1, 0.15) is 11.3 Å². The third-order valence-electron chi connectivity index (χ3n) is 5.02. The van der Waals surface area contributed by atoms with E-state index in [2.05, 4.69) is 4.98 Å². The highest BCUT2D eigenvalue weighted by atomic mass is 19.1. The van der Waals surface area contributed by atoms with E-state index in [4.69, 9.17) is 0 Å². The van der Waals surface area contributed by atoms with Crippen molar-refractivity contribution >= 4 is 0 Å². The summed E-state index contributed by atoms with van der Waals surface area (Å²) in [6.45, 7) is 2.53. The van der Waals surface area contributed by atoms with Gasteiger partial charge in [0.2, 0.25) is 0 Å². The van der Waals surface area contributed by atoms with Crippen molar-refractivity contribution in [2.75, 3.05) is 0 Å². The molecule has 0 N–H and O–H groups in total. The third kappa shape index (κ3) is 3.17. The molecule has 0 aliphatic carbocycles. The molecule has 4 rings (SSSR count). The minimum atomic E-state index is -0.243. The summed E-state index contributed by atoms with van der Waals surface area (Å²) in [6, 6.07) is 16.1. The SMILES string of the molecule is Cc1c(-c2nccn2CCc2cccc(F)c2)c(=O)n(-c2ccccc2)n1C. The number of benzene rings is 2. The Bertz CT molecular complexity index is 1170. The fourth-order valence-electron chi connectivity index (χ4n) is 3.49. The summed E-state index contributed by atoms with van der Waals surface area (Å²) < 4.78 is 18.9. The van der Waals surface area contributed by atoms with Crippen molar-refractivity contribution < 1.29 is 4.39 Å². The molecule has 0 atom stereocenters. The van der Waals surface area contributed by atoms with Crippen LogP contribution in [0.15, 0.2) is 71.8 Å². The molecular weight excluding hydrogens is 355 g/mol. The van der Waals surface area contributed by atoms with Gasteiger partial charge in [-0.2, -0.15) is 0 Å². The maximum absolute atomic E-state index is 13.4. The second kappa shape index (κ2) is 7.31. The fourth-order valence-corrected chi connectivity index (χ4v) is 3.49. The van der Waals surface area contributed by atoms with Crippen LogP contribution in [0.5, 0.6) is 0 Å². The minimum Gasteiger partial charge on any atom is -0.330 e. The molecule has 2 aromatic carbocycles. The topological polar surface area (TPSA) is 44.8 Å². The number of halogens is 1. The van der Waals surface area contributed by atoms with Crippen LogP contribution in [0.4, 0.5) is 4.39 Å². The molecule has 2 aromatic heterocycles. The minimum absolute atomic E-state index is 0.107. The van der Waals surface area contributed by atoms with Gasteiger partial charge in [-0.25, -0.2) is 14.1 Å². The lowest BCUT2D eigenvalue weighted by atomic mass is 10.1. The number of nitrogens with zero attached hydrogens (tertiary/aromatic N) is 4. The van der Waals surface area contributed by atoms with E-state index < -0.39 is 0 Å². The van der Waals surface area contributed by atoms with Gasteiger partial charge in [0, 0.05) is 31.7 Å². The van der Waals surface area contributed by atoms with Gasteiger partial charge in [0.05, 0.1) is 5.69 Å². The van der Waals surface area contributed by atoms with Crippen LogP contribution in [0.25, 0.3) is 17.1 Å². The summed E-state index contributed by atoms with van der Waals surface area (Å²) in [6.07, 6.45) is 4.20. The van der Waals surface area contributed by atoms with Crippen molar-refractivity contribution in [1.82, 2.24) is 18.9 Å². The molecule has 28 heavy (non-hydrogen) atoms. The highest BCUT2D eigenvalue weighted by molar-refractivity contribution is 5.59. The molecule has 4 aromatic rings. The Morgan fingerprint density at radius 3 is 2.61 bits per heavy atom. The second-order valence-corrected chi connectivity index (χ2v) is 6.76. The Balaban J connectivity index is 1.72. The van der Waals surface area contributed by atoms with Gasteiger partial charge in [0.1, 0.15) is 17.2 Å². The van der Waals surface area contributed by atoms with Crippen LogP contribution < -0.4 is 5.56 Å². The van der Waals surface area contributed by atoms with Gasteiger partial charge < -0.3 is 4.57 Å². The quantitative estimate of drug-likeness (QED) is 0.533. The summed E-state index contributed by atoms with van der Waals surface area (Å²) >= 11 is 0. The van der Waals surface area contributed by atoms with Crippen molar-refractivity contribution in [3.8, 4) is 17.1 Å². The zero-order chi connectivity index (χ0) is 19.7. The van der Waals surface area contributed by atoms with Crippen LogP contribution >= 0.6 is 0 Å². The van der Waals surface area contributed by atoms with E-state index in [1.807, 2.05) is 65.8 Å². The van der Waals surface area contributed by atoms with E-state index in [-0.39, 0.29) is 11.4 Å². The standard InChI is InChI=1S/C22H21FN4O/c1-16-20(22(28)27(25(16)2)19-9-4-3-5-10-19)21-24-12-14-26(21)13-11-17-7-6-8-18(23)15-17/h3-10,12,14-15H,11,13H2,1-2H3. The average Bonchev–Trinajstić information content (AvgIpc) is 3.23. The molecule has 0 aliphatic rings. The number of imidazole rings is 1. The number of hydrogen-bond donors (Lipinski definition) is 0. The Morgan fingerprint density at radius 2 is 1.86 bits per heavy atom. The molecule has 0 unspecified atom stereocenters. The first-order valence-electron chi connectivity index (χ1n) is 9.16. The van der Waals surface area contributed by atoms with Gasteiger partial charge in [0.15, 0.2) is 0 Å². The molecule has 0 spiro atoms. The summed E-state index contributed by atoms with van der Waals surface area (Å²) in [7, 11) is 1.87. The lowest BCUT2D eigenvalue weighted by Crippen LogP contribution is -2.20. The second-order valence-electron chi connectivity index (χ2n) is 6.76. The number of aryl methyl sites for hydroxylation is 2. The largest absolute Gasteiger partial charge is 0.330 e. The molecule has 0 fully saturated rings. The first-order chi connectivity index (χ1) is 13.6. The van der Waals surface area contributed by atoms with E-state index in [1.54, 1.807) is 16.9 Å². The third-order valence-corrected chi connectivity index (χ3v) is 5.02. The molecule has 0 radical (unpaired) electrons. The van der Waals surface area contributed by atoms with E-state index >= 15 is 0 Å². The molecule has 142 valence electrons. The summed E-state index contributed by atoms with van der Waals surface area (Å²) in [5.41, 5.74) is 3.03. The predicted octanol–water partition coefficient (Wildman–Crippen LogP) is 3.73. The Labute approximate surface area is 162 Å². The molecule has 6 heteroatoms. The molecule has 5 nitrogen and oxygen atoms in total. The van der Waals surface area contributed by atoms with Gasteiger partial charge in [-0.05, 0) is 43.2 Å². The normalized spacial score (nSPS) is 11.1. The van der Waals surface area contributed by atoms with Crippen LogP contribution in [0, 0.1) is 12.7 Å². The number of hydrogen-bond acceptors (Lipinski definition) is 2. The summed E-state index contributed by atoms with van der Waals surface area (Å²) in [5.74, 6) is 0.386. The number of para-hydroxylation sites is 1. The van der Waals surface area contributed by atoms with Crippen LogP contribution in [0.2, 0.25) is 0 Å². The maximum Gasteiger partial charge on any atom is 0.282 e. The van der Waals surface area contributed by atoms with Gasteiger partial charge in [-0.3, -0.25) is 9.48 Å². The number of rotatable bonds is 5. The smallest absolute Gasteiger partial charge is 0.282 e. The van der Waals surface area contributed by atoms with Crippen molar-refractivity contribution in [3.63, 3.8) is 0 Å². The lowest BCUT2D eigenvalue weighted by Gasteiger charge is -2.08. The fraction of sp³-hybridized carbons (Fsp3) is 0.182. The Kier molecular flexibility index (Phi) is 4.69.